The molecule has 0 aliphatic heterocycles. The highest BCUT2D eigenvalue weighted by Crippen LogP contribution is 2.36. The predicted molar refractivity (Wildman–Crippen MR) is 56.2 cm³/mol. The minimum atomic E-state index is -0.895. The van der Waals surface area contributed by atoms with Crippen molar-refractivity contribution < 1.29 is 14.6 Å². The van der Waals surface area contributed by atoms with Crippen LogP contribution < -0.4 is 0 Å². The molecule has 76 valence electrons. The topological polar surface area (TPSA) is 53.6 Å². The summed E-state index contributed by atoms with van der Waals surface area (Å²) in [7, 11) is 0. The fourth-order valence-electron chi connectivity index (χ4n) is 1.98. The van der Waals surface area contributed by atoms with Gasteiger partial charge in [-0.05, 0) is 18.2 Å². The Kier molecular flexibility index (Phi) is 1.71. The fourth-order valence-corrected chi connectivity index (χ4v) is 1.98. The molecule has 0 spiro atoms. The molecular formula is C12H10O3. The molecule has 0 bridgehead atoms. The van der Waals surface area contributed by atoms with Gasteiger partial charge < -0.3 is 14.6 Å². The maximum absolute atomic E-state index is 9.86. The minimum Gasteiger partial charge on any atom is -0.456 e. The van der Waals surface area contributed by atoms with E-state index in [4.69, 9.17) is 4.42 Å². The number of rotatable bonds is 0. The zero-order valence-corrected chi connectivity index (χ0v) is 7.92. The van der Waals surface area contributed by atoms with E-state index in [0.717, 1.165) is 11.0 Å². The Morgan fingerprint density at radius 3 is 2.80 bits per heavy atom. The van der Waals surface area contributed by atoms with Crippen LogP contribution in [0.2, 0.25) is 0 Å². The summed E-state index contributed by atoms with van der Waals surface area (Å²) in [5, 5.41) is 20.2. The first-order valence-electron chi connectivity index (χ1n) is 4.83. The molecular weight excluding hydrogens is 192 g/mol. The third-order valence-electron chi connectivity index (χ3n) is 2.73. The highest BCUT2D eigenvalue weighted by molar-refractivity contribution is 5.85. The molecule has 2 atom stereocenters. The van der Waals surface area contributed by atoms with E-state index in [1.54, 1.807) is 6.08 Å². The van der Waals surface area contributed by atoms with Crippen molar-refractivity contribution in [2.45, 2.75) is 12.2 Å². The average Bonchev–Trinajstić information content (AvgIpc) is 2.62. The summed E-state index contributed by atoms with van der Waals surface area (Å²) in [6, 6.07) is 7.49. The molecule has 1 heterocycles. The smallest absolute Gasteiger partial charge is 0.135 e. The standard InChI is InChI=1S/C12H10O3/c13-8-5-6-10-11(12(8)14)7-3-1-2-4-9(7)15-10/h1-6,8,12-14H/t8-,12-/m1/s1. The minimum absolute atomic E-state index is 0.633. The molecule has 15 heavy (non-hydrogen) atoms. The third kappa shape index (κ3) is 1.14. The number of furan rings is 1. The highest BCUT2D eigenvalue weighted by Gasteiger charge is 2.27. The first-order chi connectivity index (χ1) is 7.27. The van der Waals surface area contributed by atoms with Gasteiger partial charge in [-0.1, -0.05) is 18.2 Å². The summed E-state index contributed by atoms with van der Waals surface area (Å²) in [4.78, 5) is 0. The van der Waals surface area contributed by atoms with Crippen LogP contribution in [0.25, 0.3) is 17.0 Å². The highest BCUT2D eigenvalue weighted by atomic mass is 16.3. The Labute approximate surface area is 86.3 Å². The summed E-state index contributed by atoms with van der Waals surface area (Å²) >= 11 is 0. The van der Waals surface area contributed by atoms with E-state index in [1.165, 1.54) is 6.08 Å². The molecule has 1 aliphatic carbocycles. The van der Waals surface area contributed by atoms with Crippen molar-refractivity contribution in [3.63, 3.8) is 0 Å². The van der Waals surface area contributed by atoms with Crippen molar-refractivity contribution in [2.24, 2.45) is 0 Å². The second kappa shape index (κ2) is 2.95. The number of hydrogen-bond acceptors (Lipinski definition) is 3. The summed E-state index contributed by atoms with van der Waals surface area (Å²) in [5.41, 5.74) is 1.42. The maximum Gasteiger partial charge on any atom is 0.135 e. The van der Waals surface area contributed by atoms with E-state index in [0.29, 0.717) is 11.3 Å². The van der Waals surface area contributed by atoms with Crippen LogP contribution >= 0.6 is 0 Å². The summed E-state index contributed by atoms with van der Waals surface area (Å²) in [6.45, 7) is 0. The molecule has 0 radical (unpaired) electrons. The van der Waals surface area contributed by atoms with Crippen molar-refractivity contribution in [1.82, 2.24) is 0 Å². The molecule has 3 heteroatoms. The lowest BCUT2D eigenvalue weighted by atomic mass is 9.96. The van der Waals surface area contributed by atoms with Crippen LogP contribution in [0.15, 0.2) is 34.8 Å². The van der Waals surface area contributed by atoms with E-state index in [1.807, 2.05) is 24.3 Å². The van der Waals surface area contributed by atoms with Crippen molar-refractivity contribution in [3.05, 3.63) is 41.7 Å². The van der Waals surface area contributed by atoms with Crippen molar-refractivity contribution in [1.29, 1.82) is 0 Å². The van der Waals surface area contributed by atoms with E-state index >= 15 is 0 Å². The van der Waals surface area contributed by atoms with Gasteiger partial charge in [0.15, 0.2) is 0 Å². The molecule has 1 aliphatic rings. The van der Waals surface area contributed by atoms with Gasteiger partial charge in [0.25, 0.3) is 0 Å². The third-order valence-corrected chi connectivity index (χ3v) is 2.73. The van der Waals surface area contributed by atoms with Crippen LogP contribution in [-0.2, 0) is 0 Å². The predicted octanol–water partition coefficient (Wildman–Crippen LogP) is 1.85. The van der Waals surface area contributed by atoms with Crippen LogP contribution in [0.3, 0.4) is 0 Å². The van der Waals surface area contributed by atoms with Gasteiger partial charge in [-0.25, -0.2) is 0 Å². The molecule has 1 aromatic heterocycles. The van der Waals surface area contributed by atoms with Gasteiger partial charge in [-0.15, -0.1) is 0 Å². The fraction of sp³-hybridized carbons (Fsp3) is 0.167. The first-order valence-corrected chi connectivity index (χ1v) is 4.83. The molecule has 2 aromatic rings. The SMILES string of the molecule is O[C@@H]1C=Cc2oc3ccccc3c2[C@@H]1O. The number of benzene rings is 1. The largest absolute Gasteiger partial charge is 0.456 e. The van der Waals surface area contributed by atoms with Gasteiger partial charge in [-0.2, -0.15) is 0 Å². The van der Waals surface area contributed by atoms with Crippen LogP contribution in [0, 0.1) is 0 Å². The molecule has 0 fully saturated rings. The summed E-state index contributed by atoms with van der Waals surface area (Å²) < 4.78 is 5.55. The van der Waals surface area contributed by atoms with Gasteiger partial charge in [0.2, 0.25) is 0 Å². The van der Waals surface area contributed by atoms with Crippen LogP contribution in [0.5, 0.6) is 0 Å². The lowest BCUT2D eigenvalue weighted by Crippen LogP contribution is -2.18. The number of fused-ring (bicyclic) bond motifs is 3. The molecule has 0 amide bonds. The van der Waals surface area contributed by atoms with Crippen LogP contribution in [0.4, 0.5) is 0 Å². The molecule has 0 saturated heterocycles. The van der Waals surface area contributed by atoms with Gasteiger partial charge in [0, 0.05) is 10.9 Å². The zero-order chi connectivity index (χ0) is 10.4. The van der Waals surface area contributed by atoms with Crippen molar-refractivity contribution in [2.75, 3.05) is 0 Å². The second-order valence-electron chi connectivity index (χ2n) is 3.67. The maximum atomic E-state index is 9.86. The Morgan fingerprint density at radius 2 is 1.93 bits per heavy atom. The van der Waals surface area contributed by atoms with E-state index < -0.39 is 12.2 Å². The molecule has 1 aromatic carbocycles. The monoisotopic (exact) mass is 202 g/mol. The van der Waals surface area contributed by atoms with Crippen LogP contribution in [0.1, 0.15) is 17.4 Å². The average molecular weight is 202 g/mol. The number of para-hydroxylation sites is 1. The number of aliphatic hydroxyl groups excluding tert-OH is 2. The molecule has 0 saturated carbocycles. The second-order valence-corrected chi connectivity index (χ2v) is 3.67. The number of hydrogen-bond donors (Lipinski definition) is 2. The van der Waals surface area contributed by atoms with Gasteiger partial charge >= 0.3 is 0 Å². The summed E-state index contributed by atoms with van der Waals surface area (Å²) in [5.74, 6) is 0.633. The van der Waals surface area contributed by atoms with E-state index in [2.05, 4.69) is 0 Å². The number of aliphatic hydroxyl groups is 2. The summed E-state index contributed by atoms with van der Waals surface area (Å²) in [6.07, 6.45) is 1.49. The zero-order valence-electron chi connectivity index (χ0n) is 7.92. The Bertz CT molecular complexity index is 539. The molecule has 0 unspecified atom stereocenters. The molecule has 2 N–H and O–H groups in total. The molecule has 3 nitrogen and oxygen atoms in total. The van der Waals surface area contributed by atoms with Crippen molar-refractivity contribution >= 4 is 17.0 Å². The first kappa shape index (κ1) is 8.71. The van der Waals surface area contributed by atoms with Crippen molar-refractivity contribution in [3.8, 4) is 0 Å². The quantitative estimate of drug-likeness (QED) is 0.685. The van der Waals surface area contributed by atoms with Gasteiger partial charge in [-0.3, -0.25) is 0 Å². The van der Waals surface area contributed by atoms with Crippen LogP contribution in [-0.4, -0.2) is 16.3 Å². The Balaban J connectivity index is 2.35. The normalized spacial score (nSPS) is 24.4. The Hall–Kier alpha value is -1.58. The van der Waals surface area contributed by atoms with E-state index in [-0.39, 0.29) is 0 Å². The lowest BCUT2D eigenvalue weighted by Gasteiger charge is -2.17. The lowest BCUT2D eigenvalue weighted by molar-refractivity contribution is 0.0471. The van der Waals surface area contributed by atoms with E-state index in [9.17, 15) is 10.2 Å². The van der Waals surface area contributed by atoms with Gasteiger partial charge in [0.05, 0.1) is 0 Å². The van der Waals surface area contributed by atoms with Gasteiger partial charge in [0.1, 0.15) is 23.6 Å². The molecule has 3 rings (SSSR count). The Morgan fingerprint density at radius 1 is 1.13 bits per heavy atom.